The monoisotopic (exact) mass is 401 g/mol. The topological polar surface area (TPSA) is 105 Å². The van der Waals surface area contributed by atoms with Crippen molar-refractivity contribution in [2.24, 2.45) is 5.41 Å². The molecule has 0 fully saturated rings. The highest BCUT2D eigenvalue weighted by atomic mass is 16.2. The Morgan fingerprint density at radius 2 is 2.07 bits per heavy atom. The fraction of sp³-hybridized carbons (Fsp3) is 0.650. The molecule has 9 heteroatoms. The van der Waals surface area contributed by atoms with Gasteiger partial charge in [-0.1, -0.05) is 20.8 Å². The normalized spacial score (nSPS) is 14.0. The Kier molecular flexibility index (Phi) is 7.51. The maximum atomic E-state index is 13.1. The predicted octanol–water partition coefficient (Wildman–Crippen LogP) is 1.59. The summed E-state index contributed by atoms with van der Waals surface area (Å²) in [6, 6.07) is 1.64. The van der Waals surface area contributed by atoms with Crippen LogP contribution in [0.3, 0.4) is 0 Å². The number of carbonyl (C=O) groups excluding carboxylic acids is 2. The number of hydrogen-bond donors (Lipinski definition) is 1. The van der Waals surface area contributed by atoms with Crippen LogP contribution in [0.5, 0.6) is 0 Å². The Bertz CT molecular complexity index is 780. The van der Waals surface area contributed by atoms with Gasteiger partial charge in [0.2, 0.25) is 11.7 Å². The molecule has 1 aliphatic rings. The number of amides is 3. The van der Waals surface area contributed by atoms with Crippen LogP contribution < -0.4 is 10.2 Å². The van der Waals surface area contributed by atoms with E-state index in [9.17, 15) is 9.59 Å². The Labute approximate surface area is 172 Å². The molecule has 0 saturated carbocycles. The second-order valence-corrected chi connectivity index (χ2v) is 8.80. The molecular formula is C20H31N7O2. The van der Waals surface area contributed by atoms with Crippen LogP contribution in [0.2, 0.25) is 0 Å². The van der Waals surface area contributed by atoms with Gasteiger partial charge in [-0.3, -0.25) is 9.69 Å². The van der Waals surface area contributed by atoms with Crippen molar-refractivity contribution in [3.63, 3.8) is 0 Å². The average molecular weight is 402 g/mol. The number of unbranched alkanes of at least 4 members (excludes halogenated alkanes) is 1. The zero-order chi connectivity index (χ0) is 21.6. The molecular weight excluding hydrogens is 370 g/mol. The Morgan fingerprint density at radius 3 is 2.69 bits per heavy atom. The van der Waals surface area contributed by atoms with Gasteiger partial charge in [0, 0.05) is 24.8 Å². The third-order valence-electron chi connectivity index (χ3n) is 4.38. The second kappa shape index (κ2) is 9.65. The molecule has 0 spiro atoms. The molecule has 29 heavy (non-hydrogen) atoms. The molecule has 0 unspecified atom stereocenters. The summed E-state index contributed by atoms with van der Waals surface area (Å²) in [6.07, 6.45) is 3.46. The van der Waals surface area contributed by atoms with Crippen LogP contribution in [-0.2, 0) is 11.3 Å². The second-order valence-electron chi connectivity index (χ2n) is 8.80. The zero-order valence-electron chi connectivity index (χ0n) is 18.0. The highest BCUT2D eigenvalue weighted by Crippen LogP contribution is 2.29. The fourth-order valence-corrected chi connectivity index (χ4v) is 3.08. The van der Waals surface area contributed by atoms with Gasteiger partial charge in [0.15, 0.2) is 0 Å². The minimum absolute atomic E-state index is 0.0212. The van der Waals surface area contributed by atoms with Gasteiger partial charge in [-0.25, -0.2) is 14.8 Å². The van der Waals surface area contributed by atoms with Crippen LogP contribution >= 0.6 is 0 Å². The van der Waals surface area contributed by atoms with Gasteiger partial charge >= 0.3 is 6.03 Å². The van der Waals surface area contributed by atoms with Crippen molar-refractivity contribution in [3.8, 4) is 6.07 Å². The van der Waals surface area contributed by atoms with Crippen molar-refractivity contribution < 1.29 is 9.59 Å². The van der Waals surface area contributed by atoms with Crippen LogP contribution in [-0.4, -0.2) is 72.0 Å². The smallest absolute Gasteiger partial charge is 0.326 e. The molecule has 1 aliphatic heterocycles. The van der Waals surface area contributed by atoms with E-state index in [-0.39, 0.29) is 36.3 Å². The minimum Gasteiger partial charge on any atom is -0.355 e. The third-order valence-corrected chi connectivity index (χ3v) is 4.38. The quantitative estimate of drug-likeness (QED) is 0.663. The number of nitrogens with zero attached hydrogens (tertiary/aromatic N) is 6. The SMILES string of the molecule is CN(C)CCCCNC(=O)CN1Cc2cnc(C#N)nc2N(CC(C)(C)C)C1=O. The number of nitrogens with one attached hydrogen (secondary N) is 1. The van der Waals surface area contributed by atoms with Gasteiger partial charge < -0.3 is 15.1 Å². The van der Waals surface area contributed by atoms with E-state index in [4.69, 9.17) is 5.26 Å². The number of anilines is 1. The lowest BCUT2D eigenvalue weighted by atomic mass is 9.95. The summed E-state index contributed by atoms with van der Waals surface area (Å²) in [5, 5.41) is 12.0. The summed E-state index contributed by atoms with van der Waals surface area (Å²) >= 11 is 0. The van der Waals surface area contributed by atoms with E-state index < -0.39 is 0 Å². The fourth-order valence-electron chi connectivity index (χ4n) is 3.08. The Hall–Kier alpha value is -2.73. The standard InChI is InChI=1S/C20H31N7O2/c1-20(2,3)14-27-18-15(11-23-16(10-21)24-18)12-26(19(27)29)13-17(28)22-8-6-7-9-25(4)5/h11H,6-9,12-14H2,1-5H3,(H,22,28). The van der Waals surface area contributed by atoms with Gasteiger partial charge in [0.1, 0.15) is 18.4 Å². The molecule has 2 rings (SSSR count). The summed E-state index contributed by atoms with van der Waals surface area (Å²) in [6.45, 7) is 8.27. The Balaban J connectivity index is 2.07. The Morgan fingerprint density at radius 1 is 1.34 bits per heavy atom. The number of nitriles is 1. The lowest BCUT2D eigenvalue weighted by Gasteiger charge is -2.38. The van der Waals surface area contributed by atoms with E-state index in [0.29, 0.717) is 18.9 Å². The molecule has 1 aromatic heterocycles. The van der Waals surface area contributed by atoms with Crippen LogP contribution in [0, 0.1) is 16.7 Å². The number of urea groups is 1. The van der Waals surface area contributed by atoms with E-state index in [2.05, 4.69) is 20.2 Å². The lowest BCUT2D eigenvalue weighted by Crippen LogP contribution is -2.52. The van der Waals surface area contributed by atoms with E-state index in [1.165, 1.54) is 4.90 Å². The summed E-state index contributed by atoms with van der Waals surface area (Å²) in [7, 11) is 4.04. The molecule has 0 saturated heterocycles. The van der Waals surface area contributed by atoms with Gasteiger partial charge in [0.25, 0.3) is 0 Å². The van der Waals surface area contributed by atoms with Crippen LogP contribution in [0.4, 0.5) is 10.6 Å². The van der Waals surface area contributed by atoms with Crippen molar-refractivity contribution in [2.75, 3.05) is 45.2 Å². The first-order chi connectivity index (χ1) is 13.6. The molecule has 158 valence electrons. The first-order valence-corrected chi connectivity index (χ1v) is 9.84. The summed E-state index contributed by atoms with van der Waals surface area (Å²) < 4.78 is 0. The highest BCUT2D eigenvalue weighted by molar-refractivity contribution is 5.96. The predicted molar refractivity (Wildman–Crippen MR) is 110 cm³/mol. The van der Waals surface area contributed by atoms with Gasteiger partial charge in [-0.15, -0.1) is 0 Å². The van der Waals surface area contributed by atoms with Crippen molar-refractivity contribution in [1.29, 1.82) is 5.26 Å². The molecule has 1 aromatic rings. The van der Waals surface area contributed by atoms with Crippen molar-refractivity contribution >= 4 is 17.8 Å². The maximum Gasteiger partial charge on any atom is 0.326 e. The van der Waals surface area contributed by atoms with Crippen LogP contribution in [0.1, 0.15) is 45.0 Å². The number of hydrogen-bond acceptors (Lipinski definition) is 6. The van der Waals surface area contributed by atoms with Gasteiger partial charge in [0.05, 0.1) is 6.54 Å². The van der Waals surface area contributed by atoms with E-state index >= 15 is 0 Å². The minimum atomic E-state index is -0.280. The summed E-state index contributed by atoms with van der Waals surface area (Å²) in [5.41, 5.74) is 0.550. The molecule has 0 aliphatic carbocycles. The zero-order valence-corrected chi connectivity index (χ0v) is 18.0. The van der Waals surface area contributed by atoms with Crippen LogP contribution in [0.15, 0.2) is 6.20 Å². The van der Waals surface area contributed by atoms with Gasteiger partial charge in [-0.2, -0.15) is 5.26 Å². The van der Waals surface area contributed by atoms with Crippen LogP contribution in [0.25, 0.3) is 0 Å². The number of fused-ring (bicyclic) bond motifs is 1. The lowest BCUT2D eigenvalue weighted by molar-refractivity contribution is -0.121. The summed E-state index contributed by atoms with van der Waals surface area (Å²) in [5.74, 6) is 0.299. The largest absolute Gasteiger partial charge is 0.355 e. The first kappa shape index (κ1) is 22.6. The molecule has 0 bridgehead atoms. The highest BCUT2D eigenvalue weighted by Gasteiger charge is 2.35. The van der Waals surface area contributed by atoms with Crippen molar-refractivity contribution in [3.05, 3.63) is 17.6 Å². The molecule has 1 N–H and O–H groups in total. The summed E-state index contributed by atoms with van der Waals surface area (Å²) in [4.78, 5) is 38.8. The molecule has 0 radical (unpaired) electrons. The maximum absolute atomic E-state index is 13.1. The van der Waals surface area contributed by atoms with Gasteiger partial charge in [-0.05, 0) is 38.9 Å². The van der Waals surface area contributed by atoms with Crippen molar-refractivity contribution in [2.45, 2.75) is 40.2 Å². The molecule has 0 aromatic carbocycles. The average Bonchev–Trinajstić information content (AvgIpc) is 2.63. The van der Waals surface area contributed by atoms with E-state index in [0.717, 1.165) is 24.9 Å². The molecule has 2 heterocycles. The van der Waals surface area contributed by atoms with Crippen molar-refractivity contribution in [1.82, 2.24) is 25.1 Å². The molecule has 3 amide bonds. The number of carbonyl (C=O) groups is 2. The number of rotatable bonds is 8. The molecule has 9 nitrogen and oxygen atoms in total. The molecule has 0 atom stereocenters. The number of aromatic nitrogens is 2. The van der Waals surface area contributed by atoms with E-state index in [1.54, 1.807) is 11.1 Å². The van der Waals surface area contributed by atoms with E-state index in [1.807, 2.05) is 40.9 Å². The third kappa shape index (κ3) is 6.68. The first-order valence-electron chi connectivity index (χ1n) is 9.84.